The molecule has 0 radical (unpaired) electrons. The van der Waals surface area contributed by atoms with Crippen molar-refractivity contribution in [2.75, 3.05) is 0 Å². The van der Waals surface area contributed by atoms with Gasteiger partial charge in [0.2, 0.25) is 0 Å². The highest BCUT2D eigenvalue weighted by Gasteiger charge is 2.21. The summed E-state index contributed by atoms with van der Waals surface area (Å²) in [4.78, 5) is 0. The lowest BCUT2D eigenvalue weighted by atomic mass is 10.1. The molecule has 1 unspecified atom stereocenters. The van der Waals surface area contributed by atoms with Crippen molar-refractivity contribution in [3.63, 3.8) is 0 Å². The van der Waals surface area contributed by atoms with Crippen LogP contribution in [0, 0.1) is 0 Å². The Morgan fingerprint density at radius 2 is 1.95 bits per heavy atom. The van der Waals surface area contributed by atoms with Crippen molar-refractivity contribution in [2.45, 2.75) is 25.4 Å². The van der Waals surface area contributed by atoms with Crippen LogP contribution in [0.5, 0.6) is 0 Å². The molecule has 0 aliphatic heterocycles. The number of hydrogen-bond donors (Lipinski definition) is 1. The zero-order chi connectivity index (χ0) is 13.2. The highest BCUT2D eigenvalue weighted by Crippen LogP contribution is 2.33. The van der Waals surface area contributed by atoms with E-state index in [1.165, 1.54) is 27.6 Å². The molecule has 1 nitrogen and oxygen atoms in total. The molecule has 0 saturated carbocycles. The topological polar surface area (TPSA) is 12.0 Å². The molecule has 0 saturated heterocycles. The number of rotatable bonds is 3. The molecule has 1 atom stereocenters. The van der Waals surface area contributed by atoms with E-state index in [9.17, 15) is 0 Å². The quantitative estimate of drug-likeness (QED) is 0.842. The SMILES string of the molecule is Clc1ccc(CNC2CCc3cc(Br)ccc32)cc1. The maximum Gasteiger partial charge on any atom is 0.0406 e. The van der Waals surface area contributed by atoms with E-state index in [4.69, 9.17) is 11.6 Å². The number of nitrogens with one attached hydrogen (secondary N) is 1. The predicted octanol–water partition coefficient (Wildman–Crippen LogP) is 4.88. The van der Waals surface area contributed by atoms with Crippen molar-refractivity contribution >= 4 is 27.5 Å². The van der Waals surface area contributed by atoms with Crippen LogP contribution in [0.3, 0.4) is 0 Å². The summed E-state index contributed by atoms with van der Waals surface area (Å²) in [6.07, 6.45) is 2.34. The molecule has 0 bridgehead atoms. The van der Waals surface area contributed by atoms with Crippen LogP contribution in [0.25, 0.3) is 0 Å². The Morgan fingerprint density at radius 3 is 2.74 bits per heavy atom. The van der Waals surface area contributed by atoms with E-state index in [1.54, 1.807) is 0 Å². The first kappa shape index (κ1) is 13.2. The van der Waals surface area contributed by atoms with Gasteiger partial charge in [0.15, 0.2) is 0 Å². The van der Waals surface area contributed by atoms with Gasteiger partial charge in [-0.3, -0.25) is 0 Å². The van der Waals surface area contributed by atoms with Gasteiger partial charge in [-0.2, -0.15) is 0 Å². The third kappa shape index (κ3) is 3.02. The van der Waals surface area contributed by atoms with Gasteiger partial charge in [-0.25, -0.2) is 0 Å². The van der Waals surface area contributed by atoms with E-state index in [1.807, 2.05) is 12.1 Å². The fourth-order valence-corrected chi connectivity index (χ4v) is 3.18. The summed E-state index contributed by atoms with van der Waals surface area (Å²) in [5.41, 5.74) is 4.18. The summed E-state index contributed by atoms with van der Waals surface area (Å²) in [5, 5.41) is 4.43. The van der Waals surface area contributed by atoms with E-state index >= 15 is 0 Å². The van der Waals surface area contributed by atoms with Gasteiger partial charge in [-0.1, -0.05) is 45.7 Å². The first-order chi connectivity index (χ1) is 9.22. The van der Waals surface area contributed by atoms with E-state index in [0.29, 0.717) is 6.04 Å². The maximum absolute atomic E-state index is 5.90. The van der Waals surface area contributed by atoms with E-state index in [-0.39, 0.29) is 0 Å². The normalized spacial score (nSPS) is 17.5. The first-order valence-corrected chi connectivity index (χ1v) is 7.65. The largest absolute Gasteiger partial charge is 0.306 e. The summed E-state index contributed by atoms with van der Waals surface area (Å²) >= 11 is 9.43. The van der Waals surface area contributed by atoms with Crippen molar-refractivity contribution in [3.8, 4) is 0 Å². The minimum atomic E-state index is 0.471. The van der Waals surface area contributed by atoms with Crippen LogP contribution in [0.4, 0.5) is 0 Å². The number of benzene rings is 2. The summed E-state index contributed by atoms with van der Waals surface area (Å²) in [5.74, 6) is 0. The zero-order valence-electron chi connectivity index (χ0n) is 10.5. The minimum Gasteiger partial charge on any atom is -0.306 e. The number of aryl methyl sites for hydroxylation is 1. The van der Waals surface area contributed by atoms with E-state index in [2.05, 4.69) is 51.6 Å². The molecule has 0 heterocycles. The second-order valence-corrected chi connectivity index (χ2v) is 6.29. The number of fused-ring (bicyclic) bond motifs is 1. The molecule has 0 fully saturated rings. The molecule has 0 spiro atoms. The summed E-state index contributed by atoms with van der Waals surface area (Å²) in [6.45, 7) is 0.886. The highest BCUT2D eigenvalue weighted by atomic mass is 79.9. The number of hydrogen-bond acceptors (Lipinski definition) is 1. The molecule has 98 valence electrons. The van der Waals surface area contributed by atoms with Gasteiger partial charge in [0, 0.05) is 22.1 Å². The average molecular weight is 337 g/mol. The highest BCUT2D eigenvalue weighted by molar-refractivity contribution is 9.10. The molecule has 1 aliphatic carbocycles. The standard InChI is InChI=1S/C16H15BrClN/c17-13-4-7-15-12(9-13)3-8-16(15)19-10-11-1-5-14(18)6-2-11/h1-2,4-7,9,16,19H,3,8,10H2. The Bertz CT molecular complexity index is 580. The lowest BCUT2D eigenvalue weighted by Crippen LogP contribution is -2.18. The van der Waals surface area contributed by atoms with Crippen LogP contribution in [0.15, 0.2) is 46.9 Å². The molecule has 19 heavy (non-hydrogen) atoms. The van der Waals surface area contributed by atoms with Gasteiger partial charge in [-0.05, 0) is 53.8 Å². The van der Waals surface area contributed by atoms with Crippen LogP contribution >= 0.6 is 27.5 Å². The Hall–Kier alpha value is -0.830. The zero-order valence-corrected chi connectivity index (χ0v) is 12.8. The van der Waals surface area contributed by atoms with Crippen LogP contribution in [0.2, 0.25) is 5.02 Å². The maximum atomic E-state index is 5.90. The predicted molar refractivity (Wildman–Crippen MR) is 83.5 cm³/mol. The van der Waals surface area contributed by atoms with Gasteiger partial charge in [-0.15, -0.1) is 0 Å². The van der Waals surface area contributed by atoms with Crippen LogP contribution in [-0.4, -0.2) is 0 Å². The van der Waals surface area contributed by atoms with Crippen molar-refractivity contribution in [1.29, 1.82) is 0 Å². The summed E-state index contributed by atoms with van der Waals surface area (Å²) < 4.78 is 1.17. The minimum absolute atomic E-state index is 0.471. The summed E-state index contributed by atoms with van der Waals surface area (Å²) in [7, 11) is 0. The van der Waals surface area contributed by atoms with E-state index < -0.39 is 0 Å². The molecular formula is C16H15BrClN. The smallest absolute Gasteiger partial charge is 0.0406 e. The first-order valence-electron chi connectivity index (χ1n) is 6.48. The van der Waals surface area contributed by atoms with Crippen molar-refractivity contribution < 1.29 is 0 Å². The Morgan fingerprint density at radius 1 is 1.16 bits per heavy atom. The average Bonchev–Trinajstić information content (AvgIpc) is 2.80. The second kappa shape index (κ2) is 5.66. The second-order valence-electron chi connectivity index (χ2n) is 4.94. The molecule has 0 aromatic heterocycles. The molecule has 3 rings (SSSR count). The Kier molecular flexibility index (Phi) is 3.92. The van der Waals surface area contributed by atoms with Gasteiger partial charge in [0.05, 0.1) is 0 Å². The van der Waals surface area contributed by atoms with E-state index in [0.717, 1.165) is 18.0 Å². The van der Waals surface area contributed by atoms with Gasteiger partial charge < -0.3 is 5.32 Å². The van der Waals surface area contributed by atoms with Gasteiger partial charge in [0.25, 0.3) is 0 Å². The van der Waals surface area contributed by atoms with Crippen LogP contribution in [0.1, 0.15) is 29.2 Å². The molecular weight excluding hydrogens is 322 g/mol. The monoisotopic (exact) mass is 335 g/mol. The molecule has 2 aromatic rings. The molecule has 1 aliphatic rings. The van der Waals surface area contributed by atoms with Gasteiger partial charge >= 0.3 is 0 Å². The van der Waals surface area contributed by atoms with Crippen LogP contribution in [-0.2, 0) is 13.0 Å². The van der Waals surface area contributed by atoms with Gasteiger partial charge in [0.1, 0.15) is 0 Å². The van der Waals surface area contributed by atoms with Crippen molar-refractivity contribution in [2.24, 2.45) is 0 Å². The Labute approximate surface area is 127 Å². The van der Waals surface area contributed by atoms with Crippen molar-refractivity contribution in [1.82, 2.24) is 5.32 Å². The summed E-state index contributed by atoms with van der Waals surface area (Å²) in [6, 6.07) is 15.1. The number of halogens is 2. The molecule has 2 aromatic carbocycles. The molecule has 1 N–H and O–H groups in total. The fraction of sp³-hybridized carbons (Fsp3) is 0.250. The van der Waals surface area contributed by atoms with Crippen molar-refractivity contribution in [3.05, 3.63) is 68.7 Å². The third-order valence-electron chi connectivity index (χ3n) is 3.65. The lowest BCUT2D eigenvalue weighted by Gasteiger charge is -2.14. The lowest BCUT2D eigenvalue weighted by molar-refractivity contribution is 0.530. The van der Waals surface area contributed by atoms with Crippen LogP contribution < -0.4 is 5.32 Å². The Balaban J connectivity index is 1.68. The third-order valence-corrected chi connectivity index (χ3v) is 4.39. The molecule has 0 amide bonds. The fourth-order valence-electron chi connectivity index (χ4n) is 2.64. The molecule has 3 heteroatoms.